The van der Waals surface area contributed by atoms with Gasteiger partial charge in [0.15, 0.2) is 0 Å². The minimum absolute atomic E-state index is 0.0312. The van der Waals surface area contributed by atoms with E-state index in [1.54, 1.807) is 19.1 Å². The number of carbonyl (C=O) groups is 1. The average molecular weight is 306 g/mol. The van der Waals surface area contributed by atoms with E-state index >= 15 is 0 Å². The van der Waals surface area contributed by atoms with Crippen LogP contribution >= 0.6 is 11.6 Å². The molecule has 2 rings (SSSR count). The Hall–Kier alpha value is -2.47. The number of benzene rings is 1. The number of nitro benzene ring substituents is 1. The molecule has 7 heteroatoms. The summed E-state index contributed by atoms with van der Waals surface area (Å²) in [4.78, 5) is 26.2. The zero-order valence-corrected chi connectivity index (χ0v) is 11.9. The molecule has 0 aliphatic carbocycles. The Kier molecular flexibility index (Phi) is 4.49. The van der Waals surface area contributed by atoms with Crippen molar-refractivity contribution in [2.24, 2.45) is 0 Å². The van der Waals surface area contributed by atoms with Gasteiger partial charge in [-0.1, -0.05) is 23.7 Å². The van der Waals surface area contributed by atoms with Crippen molar-refractivity contribution in [3.63, 3.8) is 0 Å². The monoisotopic (exact) mass is 305 g/mol. The topological polar surface area (TPSA) is 85.1 Å². The fourth-order valence-corrected chi connectivity index (χ4v) is 2.09. The van der Waals surface area contributed by atoms with Crippen LogP contribution in [0.25, 0.3) is 0 Å². The molecule has 0 aliphatic rings. The van der Waals surface area contributed by atoms with E-state index < -0.39 is 4.92 Å². The Morgan fingerprint density at radius 1 is 1.43 bits per heavy atom. The quantitative estimate of drug-likeness (QED) is 0.695. The van der Waals surface area contributed by atoms with Crippen molar-refractivity contribution in [2.75, 3.05) is 0 Å². The summed E-state index contributed by atoms with van der Waals surface area (Å²) in [6.45, 7) is 1.84. The minimum atomic E-state index is -0.444. The molecule has 0 spiro atoms. The Morgan fingerprint density at radius 3 is 2.86 bits per heavy atom. The molecule has 0 atom stereocenters. The molecular weight excluding hydrogens is 294 g/mol. The van der Waals surface area contributed by atoms with E-state index in [2.05, 4.69) is 10.3 Å². The second-order valence-electron chi connectivity index (χ2n) is 4.36. The lowest BCUT2D eigenvalue weighted by molar-refractivity contribution is -0.385. The predicted octanol–water partition coefficient (Wildman–Crippen LogP) is 2.88. The van der Waals surface area contributed by atoms with Gasteiger partial charge in [0.2, 0.25) is 0 Å². The highest BCUT2D eigenvalue weighted by molar-refractivity contribution is 6.33. The third-order valence-electron chi connectivity index (χ3n) is 3.07. The largest absolute Gasteiger partial charge is 0.348 e. The van der Waals surface area contributed by atoms with E-state index in [1.807, 2.05) is 0 Å². The van der Waals surface area contributed by atoms with Crippen molar-refractivity contribution < 1.29 is 9.72 Å². The lowest BCUT2D eigenvalue weighted by atomic mass is 10.1. The first-order valence-corrected chi connectivity index (χ1v) is 6.49. The molecule has 1 aromatic heterocycles. The van der Waals surface area contributed by atoms with Crippen LogP contribution in [0.2, 0.25) is 5.02 Å². The van der Waals surface area contributed by atoms with Crippen LogP contribution in [0, 0.1) is 17.0 Å². The number of hydrogen-bond donors (Lipinski definition) is 1. The Morgan fingerprint density at radius 2 is 2.19 bits per heavy atom. The van der Waals surface area contributed by atoms with Crippen LogP contribution in [0.1, 0.15) is 21.5 Å². The van der Waals surface area contributed by atoms with Crippen LogP contribution in [-0.4, -0.2) is 15.8 Å². The summed E-state index contributed by atoms with van der Waals surface area (Å²) in [7, 11) is 0. The van der Waals surface area contributed by atoms with Crippen LogP contribution in [0.5, 0.6) is 0 Å². The van der Waals surface area contributed by atoms with Crippen LogP contribution in [0.3, 0.4) is 0 Å². The first-order valence-electron chi connectivity index (χ1n) is 6.11. The smallest absolute Gasteiger partial charge is 0.272 e. The van der Waals surface area contributed by atoms with Gasteiger partial charge in [0.1, 0.15) is 0 Å². The highest BCUT2D eigenvalue weighted by atomic mass is 35.5. The number of rotatable bonds is 4. The summed E-state index contributed by atoms with van der Waals surface area (Å²) in [5.41, 5.74) is 1.56. The lowest BCUT2D eigenvalue weighted by Gasteiger charge is -2.09. The van der Waals surface area contributed by atoms with Crippen LogP contribution in [0.15, 0.2) is 36.7 Å². The van der Waals surface area contributed by atoms with Crippen molar-refractivity contribution in [3.05, 3.63) is 68.5 Å². The zero-order chi connectivity index (χ0) is 15.4. The molecule has 0 unspecified atom stereocenters. The van der Waals surface area contributed by atoms with Crippen molar-refractivity contribution >= 4 is 23.2 Å². The third-order valence-corrected chi connectivity index (χ3v) is 3.37. The first-order chi connectivity index (χ1) is 10.0. The molecule has 0 bridgehead atoms. The number of nitrogens with one attached hydrogen (secondary N) is 1. The van der Waals surface area contributed by atoms with Gasteiger partial charge in [-0.2, -0.15) is 0 Å². The van der Waals surface area contributed by atoms with Crippen LogP contribution in [0.4, 0.5) is 5.69 Å². The number of carbonyl (C=O) groups excluding carboxylic acids is 1. The highest BCUT2D eigenvalue weighted by Gasteiger charge is 2.14. The summed E-state index contributed by atoms with van der Waals surface area (Å²) in [6, 6.07) is 6.27. The standard InChI is InChI=1S/C14H12ClN3O3/c1-9-10(3-2-4-13(9)18(20)21)7-17-14(19)11-5-6-16-8-12(11)15/h2-6,8H,7H2,1H3,(H,17,19). The number of aromatic nitrogens is 1. The second-order valence-corrected chi connectivity index (χ2v) is 4.76. The van der Waals surface area contributed by atoms with Crippen LogP contribution < -0.4 is 5.32 Å². The van der Waals surface area contributed by atoms with Gasteiger partial charge in [-0.25, -0.2) is 0 Å². The van der Waals surface area contributed by atoms with Gasteiger partial charge in [0, 0.05) is 30.6 Å². The van der Waals surface area contributed by atoms with Gasteiger partial charge in [-0.05, 0) is 18.6 Å². The van der Waals surface area contributed by atoms with E-state index in [9.17, 15) is 14.9 Å². The van der Waals surface area contributed by atoms with E-state index in [4.69, 9.17) is 11.6 Å². The number of nitrogens with zero attached hydrogens (tertiary/aromatic N) is 2. The molecule has 1 N–H and O–H groups in total. The second kappa shape index (κ2) is 6.32. The molecule has 1 heterocycles. The number of halogens is 1. The van der Waals surface area contributed by atoms with Crippen LogP contribution in [-0.2, 0) is 6.54 Å². The molecule has 2 aromatic rings. The number of amides is 1. The summed E-state index contributed by atoms with van der Waals surface area (Å²) in [5.74, 6) is -0.353. The average Bonchev–Trinajstić information content (AvgIpc) is 2.46. The molecule has 0 saturated heterocycles. The van der Waals surface area contributed by atoms with E-state index in [0.29, 0.717) is 16.7 Å². The molecule has 0 fully saturated rings. The van der Waals surface area contributed by atoms with Gasteiger partial charge in [0.25, 0.3) is 11.6 Å². The van der Waals surface area contributed by atoms with Gasteiger partial charge in [0.05, 0.1) is 15.5 Å². The minimum Gasteiger partial charge on any atom is -0.348 e. The molecule has 0 saturated carbocycles. The Labute approximate surface area is 125 Å². The zero-order valence-electron chi connectivity index (χ0n) is 11.2. The van der Waals surface area contributed by atoms with E-state index in [1.165, 1.54) is 24.5 Å². The van der Waals surface area contributed by atoms with E-state index in [-0.39, 0.29) is 23.2 Å². The Bertz CT molecular complexity index is 704. The summed E-state index contributed by atoms with van der Waals surface area (Å²) < 4.78 is 0. The Balaban J connectivity index is 2.14. The third kappa shape index (κ3) is 3.35. The van der Waals surface area contributed by atoms with Crippen molar-refractivity contribution in [3.8, 4) is 0 Å². The number of nitro groups is 1. The maximum Gasteiger partial charge on any atom is 0.272 e. The maximum atomic E-state index is 12.0. The summed E-state index contributed by atoms with van der Waals surface area (Å²) in [5, 5.41) is 13.8. The van der Waals surface area contributed by atoms with Crippen molar-refractivity contribution in [1.29, 1.82) is 0 Å². The maximum absolute atomic E-state index is 12.0. The highest BCUT2D eigenvalue weighted by Crippen LogP contribution is 2.21. The van der Waals surface area contributed by atoms with Crippen molar-refractivity contribution in [1.82, 2.24) is 10.3 Å². The fourth-order valence-electron chi connectivity index (χ4n) is 1.89. The van der Waals surface area contributed by atoms with Gasteiger partial charge < -0.3 is 5.32 Å². The first kappa shape index (κ1) is 14.9. The summed E-state index contributed by atoms with van der Waals surface area (Å²) >= 11 is 5.89. The lowest BCUT2D eigenvalue weighted by Crippen LogP contribution is -2.23. The molecule has 1 aromatic carbocycles. The van der Waals surface area contributed by atoms with Gasteiger partial charge in [-0.3, -0.25) is 19.9 Å². The molecule has 6 nitrogen and oxygen atoms in total. The number of hydrogen-bond acceptors (Lipinski definition) is 4. The van der Waals surface area contributed by atoms with Gasteiger partial charge in [-0.15, -0.1) is 0 Å². The normalized spacial score (nSPS) is 10.2. The molecular formula is C14H12ClN3O3. The molecule has 1 amide bonds. The summed E-state index contributed by atoms with van der Waals surface area (Å²) in [6.07, 6.45) is 2.86. The van der Waals surface area contributed by atoms with Crippen molar-refractivity contribution in [2.45, 2.75) is 13.5 Å². The number of pyridine rings is 1. The predicted molar refractivity (Wildman–Crippen MR) is 78.3 cm³/mol. The SMILES string of the molecule is Cc1c(CNC(=O)c2ccncc2Cl)cccc1[N+](=O)[O-]. The van der Waals surface area contributed by atoms with Gasteiger partial charge >= 0.3 is 0 Å². The molecule has 0 radical (unpaired) electrons. The molecule has 108 valence electrons. The molecule has 0 aliphatic heterocycles. The fraction of sp³-hybridized carbons (Fsp3) is 0.143. The van der Waals surface area contributed by atoms with E-state index in [0.717, 1.165) is 0 Å². The molecule has 21 heavy (non-hydrogen) atoms.